The maximum absolute atomic E-state index is 11.9. The van der Waals surface area contributed by atoms with Gasteiger partial charge in [-0.3, -0.25) is 10.1 Å². The van der Waals surface area contributed by atoms with Crippen LogP contribution in [-0.4, -0.2) is 56.6 Å². The molecule has 0 saturated carbocycles. The molecule has 4 heterocycles. The summed E-state index contributed by atoms with van der Waals surface area (Å²) in [5.41, 5.74) is 1.91. The number of hydrogen-bond acceptors (Lipinski definition) is 10. The summed E-state index contributed by atoms with van der Waals surface area (Å²) in [6.07, 6.45) is 4.76. The van der Waals surface area contributed by atoms with E-state index in [9.17, 15) is 4.79 Å². The lowest BCUT2D eigenvalue weighted by Crippen LogP contribution is -2.35. The van der Waals surface area contributed by atoms with E-state index in [1.165, 1.54) is 12.4 Å². The highest BCUT2D eigenvalue weighted by Crippen LogP contribution is 2.42. The molecule has 1 aliphatic rings. The van der Waals surface area contributed by atoms with Crippen molar-refractivity contribution in [2.45, 2.75) is 39.7 Å². The van der Waals surface area contributed by atoms with Crippen LogP contribution in [0.5, 0.6) is 11.5 Å². The van der Waals surface area contributed by atoms with Gasteiger partial charge in [-0.2, -0.15) is 10.4 Å². The van der Waals surface area contributed by atoms with Crippen LogP contribution in [-0.2, 0) is 11.2 Å². The van der Waals surface area contributed by atoms with E-state index >= 15 is 0 Å². The van der Waals surface area contributed by atoms with Crippen LogP contribution in [0.15, 0.2) is 24.7 Å². The van der Waals surface area contributed by atoms with Crippen LogP contribution in [0.25, 0.3) is 11.3 Å². The molecule has 0 aliphatic carbocycles. The number of rotatable bonds is 8. The minimum atomic E-state index is -0.556. The fourth-order valence-electron chi connectivity index (χ4n) is 3.42. The number of amides is 1. The zero-order valence-corrected chi connectivity index (χ0v) is 20.6. The molecule has 3 aromatic rings. The van der Waals surface area contributed by atoms with Crippen LogP contribution in [0, 0.1) is 17.2 Å². The normalized spacial score (nSPS) is 13.2. The monoisotopic (exact) mass is 492 g/mol. The predicted octanol–water partition coefficient (Wildman–Crippen LogP) is 3.35. The van der Waals surface area contributed by atoms with Crippen molar-refractivity contribution in [2.24, 2.45) is 5.92 Å². The number of pyridine rings is 1. The Hall–Kier alpha value is -4.40. The molecule has 188 valence electrons. The Kier molecular flexibility index (Phi) is 7.19. The van der Waals surface area contributed by atoms with Crippen molar-refractivity contribution in [2.75, 3.05) is 25.1 Å². The molecule has 0 saturated heterocycles. The summed E-state index contributed by atoms with van der Waals surface area (Å²) in [4.78, 5) is 24.6. The van der Waals surface area contributed by atoms with Gasteiger partial charge < -0.3 is 24.8 Å². The second kappa shape index (κ2) is 10.5. The Morgan fingerprint density at radius 2 is 2.08 bits per heavy atom. The molecule has 0 radical (unpaired) electrons. The van der Waals surface area contributed by atoms with Gasteiger partial charge >= 0.3 is 6.09 Å². The van der Waals surface area contributed by atoms with Crippen molar-refractivity contribution >= 4 is 17.7 Å². The summed E-state index contributed by atoms with van der Waals surface area (Å²) in [6.45, 7) is 8.68. The van der Waals surface area contributed by atoms with Crippen molar-refractivity contribution in [3.63, 3.8) is 0 Å². The maximum Gasteiger partial charge on any atom is 0.407 e. The highest BCUT2D eigenvalue weighted by atomic mass is 16.6. The Morgan fingerprint density at radius 3 is 2.81 bits per heavy atom. The Balaban J connectivity index is 1.46. The molecule has 0 spiro atoms. The standard InChI is InChI=1S/C24H28N8O4/c1-14(9-29-23(33)36-24(2,3)4)13-35-18-11-27-16-5-6-34-22(16)21(18)17-7-19(32-31-17)30-20-12-26-15(8-25)10-28-20/h7,10-12,14H,5-6,9,13H2,1-4H3,(H,29,33)(H2,28,30,31,32)/t14-/m0/s1. The quantitative estimate of drug-likeness (QED) is 0.425. The summed E-state index contributed by atoms with van der Waals surface area (Å²) in [5.74, 6) is 2.15. The van der Waals surface area contributed by atoms with E-state index in [1.54, 1.807) is 12.3 Å². The Morgan fingerprint density at radius 1 is 1.25 bits per heavy atom. The molecule has 12 heteroatoms. The fourth-order valence-corrected chi connectivity index (χ4v) is 3.42. The second-order valence-corrected chi connectivity index (χ2v) is 9.36. The lowest BCUT2D eigenvalue weighted by molar-refractivity contribution is 0.0516. The van der Waals surface area contributed by atoms with Crippen LogP contribution >= 0.6 is 0 Å². The minimum Gasteiger partial charge on any atom is -0.491 e. The summed E-state index contributed by atoms with van der Waals surface area (Å²) >= 11 is 0. The molecule has 4 rings (SSSR count). The van der Waals surface area contributed by atoms with Gasteiger partial charge in [0.25, 0.3) is 0 Å². The van der Waals surface area contributed by atoms with Gasteiger partial charge in [-0.05, 0) is 20.8 Å². The smallest absolute Gasteiger partial charge is 0.407 e. The van der Waals surface area contributed by atoms with E-state index in [2.05, 4.69) is 35.8 Å². The number of nitrogens with zero attached hydrogens (tertiary/aromatic N) is 5. The van der Waals surface area contributed by atoms with Gasteiger partial charge in [0.05, 0.1) is 48.8 Å². The van der Waals surface area contributed by atoms with E-state index in [1.807, 2.05) is 33.8 Å². The molecular weight excluding hydrogens is 464 g/mol. The summed E-state index contributed by atoms with van der Waals surface area (Å²) in [5, 5.41) is 22.0. The van der Waals surface area contributed by atoms with E-state index in [4.69, 9.17) is 19.5 Å². The topological polar surface area (TPSA) is 160 Å². The average molecular weight is 493 g/mol. The van der Waals surface area contributed by atoms with E-state index in [0.29, 0.717) is 55.0 Å². The van der Waals surface area contributed by atoms with Crippen LogP contribution in [0.1, 0.15) is 39.1 Å². The van der Waals surface area contributed by atoms with Gasteiger partial charge in [-0.25, -0.2) is 14.8 Å². The zero-order valence-electron chi connectivity index (χ0n) is 20.6. The molecule has 36 heavy (non-hydrogen) atoms. The van der Waals surface area contributed by atoms with E-state index < -0.39 is 11.7 Å². The van der Waals surface area contributed by atoms with Crippen LogP contribution in [0.4, 0.5) is 16.4 Å². The lowest BCUT2D eigenvalue weighted by Gasteiger charge is -2.21. The number of ether oxygens (including phenoxy) is 3. The molecule has 0 aromatic carbocycles. The fraction of sp³-hybridized carbons (Fsp3) is 0.417. The van der Waals surface area contributed by atoms with Gasteiger partial charge in [0.2, 0.25) is 0 Å². The van der Waals surface area contributed by atoms with Gasteiger partial charge in [-0.15, -0.1) is 0 Å². The van der Waals surface area contributed by atoms with Crippen LogP contribution in [0.2, 0.25) is 0 Å². The number of nitriles is 1. The van der Waals surface area contributed by atoms with Gasteiger partial charge in [0.15, 0.2) is 23.0 Å². The van der Waals surface area contributed by atoms with Gasteiger partial charge in [0, 0.05) is 24.9 Å². The number of fused-ring (bicyclic) bond motifs is 1. The third kappa shape index (κ3) is 6.18. The highest BCUT2D eigenvalue weighted by molar-refractivity contribution is 5.77. The predicted molar refractivity (Wildman–Crippen MR) is 130 cm³/mol. The SMILES string of the molecule is C[C@@H](CNC(=O)OC(C)(C)C)COc1cnc2c(c1-c1cc(Nc3cnc(C#N)cn3)n[nH]1)OCC2. The van der Waals surface area contributed by atoms with Gasteiger partial charge in [0.1, 0.15) is 17.5 Å². The number of carbonyl (C=O) groups excluding carboxylic acids is 1. The first-order valence-electron chi connectivity index (χ1n) is 11.5. The second-order valence-electron chi connectivity index (χ2n) is 9.36. The van der Waals surface area contributed by atoms with Crippen molar-refractivity contribution in [1.29, 1.82) is 5.26 Å². The van der Waals surface area contributed by atoms with E-state index in [0.717, 1.165) is 11.3 Å². The number of nitrogens with one attached hydrogen (secondary N) is 3. The third-order valence-corrected chi connectivity index (χ3v) is 5.05. The summed E-state index contributed by atoms with van der Waals surface area (Å²) in [7, 11) is 0. The molecule has 1 aliphatic heterocycles. The molecule has 3 N–H and O–H groups in total. The first kappa shape index (κ1) is 24.7. The Labute approximate surface area is 208 Å². The highest BCUT2D eigenvalue weighted by Gasteiger charge is 2.25. The molecule has 0 unspecified atom stereocenters. The number of aromatic nitrogens is 5. The molecule has 0 fully saturated rings. The van der Waals surface area contributed by atoms with Crippen LogP contribution in [0.3, 0.4) is 0 Å². The lowest BCUT2D eigenvalue weighted by atomic mass is 10.1. The first-order chi connectivity index (χ1) is 17.2. The number of H-pyrrole nitrogens is 1. The zero-order chi connectivity index (χ0) is 25.7. The molecule has 3 aromatic heterocycles. The van der Waals surface area contributed by atoms with Gasteiger partial charge in [-0.1, -0.05) is 6.92 Å². The van der Waals surface area contributed by atoms with Crippen molar-refractivity contribution in [3.8, 4) is 28.8 Å². The van der Waals surface area contributed by atoms with Crippen molar-refractivity contribution in [1.82, 2.24) is 30.5 Å². The number of aromatic amines is 1. The maximum atomic E-state index is 11.9. The molecule has 12 nitrogen and oxygen atoms in total. The number of alkyl carbamates (subject to hydrolysis) is 1. The van der Waals surface area contributed by atoms with Crippen molar-refractivity contribution in [3.05, 3.63) is 36.0 Å². The molecular formula is C24H28N8O4. The van der Waals surface area contributed by atoms with Crippen molar-refractivity contribution < 1.29 is 19.0 Å². The summed E-state index contributed by atoms with van der Waals surface area (Å²) < 4.78 is 17.3. The largest absolute Gasteiger partial charge is 0.491 e. The molecule has 0 bridgehead atoms. The minimum absolute atomic E-state index is 0.00786. The average Bonchev–Trinajstić information content (AvgIpc) is 3.50. The Bertz CT molecular complexity index is 1260. The van der Waals surface area contributed by atoms with Crippen LogP contribution < -0.4 is 20.1 Å². The third-order valence-electron chi connectivity index (χ3n) is 5.05. The molecule has 1 amide bonds. The molecule has 1 atom stereocenters. The number of hydrogen-bond donors (Lipinski definition) is 3. The first-order valence-corrected chi connectivity index (χ1v) is 11.5. The number of anilines is 2. The van der Waals surface area contributed by atoms with E-state index in [-0.39, 0.29) is 11.6 Å². The number of carbonyl (C=O) groups is 1. The summed E-state index contributed by atoms with van der Waals surface area (Å²) in [6, 6.07) is 3.74.